The summed E-state index contributed by atoms with van der Waals surface area (Å²) in [5, 5.41) is 14.5. The van der Waals surface area contributed by atoms with Crippen LogP contribution in [0.3, 0.4) is 0 Å². The monoisotopic (exact) mass is 363 g/mol. The van der Waals surface area contributed by atoms with E-state index in [9.17, 15) is 9.59 Å². The third kappa shape index (κ3) is 6.18. The second-order valence-corrected chi connectivity index (χ2v) is 6.31. The van der Waals surface area contributed by atoms with Gasteiger partial charge in [-0.25, -0.2) is 9.48 Å². The summed E-state index contributed by atoms with van der Waals surface area (Å²) >= 11 is 1.38. The van der Waals surface area contributed by atoms with Crippen molar-refractivity contribution in [3.05, 3.63) is 35.9 Å². The van der Waals surface area contributed by atoms with Gasteiger partial charge in [-0.2, -0.15) is 0 Å². The summed E-state index contributed by atoms with van der Waals surface area (Å²) < 4.78 is 6.61. The second kappa shape index (κ2) is 9.77. The highest BCUT2D eigenvalue weighted by atomic mass is 32.2. The molecule has 9 heteroatoms. The number of esters is 1. The van der Waals surface area contributed by atoms with Crippen molar-refractivity contribution in [2.45, 2.75) is 31.0 Å². The normalized spacial score (nSPS) is 11.8. The number of aryl methyl sites for hydroxylation is 1. The fourth-order valence-corrected chi connectivity index (χ4v) is 2.92. The van der Waals surface area contributed by atoms with E-state index in [2.05, 4.69) is 20.8 Å². The van der Waals surface area contributed by atoms with E-state index in [1.807, 2.05) is 30.3 Å². The Morgan fingerprint density at radius 1 is 1.32 bits per heavy atom. The zero-order chi connectivity index (χ0) is 18.1. The highest BCUT2D eigenvalue weighted by Crippen LogP contribution is 2.13. The van der Waals surface area contributed by atoms with Gasteiger partial charge in [0, 0.05) is 25.6 Å². The number of thioether (sulfide) groups is 1. The first-order chi connectivity index (χ1) is 12.1. The average molecular weight is 363 g/mol. The molecule has 1 amide bonds. The van der Waals surface area contributed by atoms with Crippen molar-refractivity contribution in [1.82, 2.24) is 25.5 Å². The van der Waals surface area contributed by atoms with E-state index in [0.717, 1.165) is 5.56 Å². The molecule has 25 heavy (non-hydrogen) atoms. The second-order valence-electron chi connectivity index (χ2n) is 5.25. The van der Waals surface area contributed by atoms with Crippen LogP contribution in [-0.4, -0.2) is 50.5 Å². The maximum absolute atomic E-state index is 12.2. The lowest BCUT2D eigenvalue weighted by molar-refractivity contribution is -0.147. The van der Waals surface area contributed by atoms with Crippen LogP contribution in [0, 0.1) is 0 Å². The average Bonchev–Trinajstić information content (AvgIpc) is 3.00. The van der Waals surface area contributed by atoms with Crippen molar-refractivity contribution in [1.29, 1.82) is 0 Å². The minimum atomic E-state index is -0.698. The molecule has 1 aromatic heterocycles. The Hall–Kier alpha value is -2.42. The number of aromatic nitrogens is 4. The van der Waals surface area contributed by atoms with Crippen molar-refractivity contribution in [3.8, 4) is 0 Å². The first kappa shape index (κ1) is 18.9. The van der Waals surface area contributed by atoms with Gasteiger partial charge >= 0.3 is 5.97 Å². The maximum atomic E-state index is 12.2. The summed E-state index contributed by atoms with van der Waals surface area (Å²) in [5.74, 6) is -0.123. The Bertz CT molecular complexity index is 692. The molecule has 2 aromatic rings. The number of ether oxygens (including phenoxy) is 1. The largest absolute Gasteiger partial charge is 0.464 e. The van der Waals surface area contributed by atoms with E-state index in [0.29, 0.717) is 17.3 Å². The van der Waals surface area contributed by atoms with Crippen molar-refractivity contribution < 1.29 is 14.3 Å². The van der Waals surface area contributed by atoms with E-state index >= 15 is 0 Å². The van der Waals surface area contributed by atoms with Crippen LogP contribution in [0.15, 0.2) is 35.5 Å². The Kier molecular flexibility index (Phi) is 7.39. The molecule has 0 bridgehead atoms. The Morgan fingerprint density at radius 2 is 2.08 bits per heavy atom. The smallest absolute Gasteiger partial charge is 0.328 e. The van der Waals surface area contributed by atoms with Crippen LogP contribution >= 0.6 is 11.8 Å². The highest BCUT2D eigenvalue weighted by Gasteiger charge is 2.22. The Balaban J connectivity index is 1.87. The lowest BCUT2D eigenvalue weighted by Crippen LogP contribution is -2.43. The van der Waals surface area contributed by atoms with Gasteiger partial charge in [-0.15, -0.1) is 5.10 Å². The van der Waals surface area contributed by atoms with Crippen molar-refractivity contribution in [3.63, 3.8) is 0 Å². The third-order valence-electron chi connectivity index (χ3n) is 3.33. The number of carbonyl (C=O) groups is 2. The highest BCUT2D eigenvalue weighted by molar-refractivity contribution is 7.99. The lowest BCUT2D eigenvalue weighted by atomic mass is 10.1. The molecule has 0 saturated heterocycles. The van der Waals surface area contributed by atoms with Gasteiger partial charge in [0.25, 0.3) is 0 Å². The standard InChI is InChI=1S/C16H21N5O3S/c1-3-24-15(23)13(11-12-7-5-4-6-8-12)17-14(22)9-10-25-16-18-19-20-21(16)2/h4-8,13H,3,9-11H2,1-2H3,(H,17,22). The molecule has 8 nitrogen and oxygen atoms in total. The number of amides is 1. The molecule has 0 aliphatic heterocycles. The number of benzene rings is 1. The van der Waals surface area contributed by atoms with Gasteiger partial charge in [0.15, 0.2) is 0 Å². The molecular weight excluding hydrogens is 342 g/mol. The molecule has 134 valence electrons. The van der Waals surface area contributed by atoms with Crippen molar-refractivity contribution in [2.75, 3.05) is 12.4 Å². The number of nitrogens with one attached hydrogen (secondary N) is 1. The van der Waals surface area contributed by atoms with Crippen LogP contribution in [-0.2, 0) is 27.8 Å². The van der Waals surface area contributed by atoms with Gasteiger partial charge < -0.3 is 10.1 Å². The number of rotatable bonds is 9. The fourth-order valence-electron chi connectivity index (χ4n) is 2.13. The molecule has 0 fully saturated rings. The number of hydrogen-bond donors (Lipinski definition) is 1. The van der Waals surface area contributed by atoms with Crippen LogP contribution in [0.4, 0.5) is 0 Å². The number of hydrogen-bond acceptors (Lipinski definition) is 7. The van der Waals surface area contributed by atoms with E-state index in [1.54, 1.807) is 18.7 Å². The number of tetrazole rings is 1. The van der Waals surface area contributed by atoms with Crippen molar-refractivity contribution >= 4 is 23.6 Å². The summed E-state index contributed by atoms with van der Waals surface area (Å²) in [6.07, 6.45) is 0.647. The lowest BCUT2D eigenvalue weighted by Gasteiger charge is -2.17. The van der Waals surface area contributed by atoms with Gasteiger partial charge in [0.2, 0.25) is 11.1 Å². The first-order valence-corrected chi connectivity index (χ1v) is 8.93. The summed E-state index contributed by atoms with van der Waals surface area (Å²) in [6, 6.07) is 8.82. The van der Waals surface area contributed by atoms with Crippen LogP contribution < -0.4 is 5.32 Å². The van der Waals surface area contributed by atoms with Crippen LogP contribution in [0.1, 0.15) is 18.9 Å². The topological polar surface area (TPSA) is 99.0 Å². The summed E-state index contributed by atoms with van der Waals surface area (Å²) in [4.78, 5) is 24.3. The fraction of sp³-hybridized carbons (Fsp3) is 0.438. The van der Waals surface area contributed by atoms with Crippen LogP contribution in [0.2, 0.25) is 0 Å². The Morgan fingerprint density at radius 3 is 2.72 bits per heavy atom. The molecule has 0 aliphatic carbocycles. The van der Waals surface area contributed by atoms with Gasteiger partial charge in [0.05, 0.1) is 6.61 Å². The molecule has 0 aliphatic rings. The molecule has 2 rings (SSSR count). The summed E-state index contributed by atoms with van der Waals surface area (Å²) in [6.45, 7) is 2.01. The summed E-state index contributed by atoms with van der Waals surface area (Å²) in [5.41, 5.74) is 0.959. The van der Waals surface area contributed by atoms with E-state index in [4.69, 9.17) is 4.74 Å². The van der Waals surface area contributed by atoms with Crippen LogP contribution in [0.5, 0.6) is 0 Å². The molecule has 1 atom stereocenters. The summed E-state index contributed by atoms with van der Waals surface area (Å²) in [7, 11) is 1.74. The minimum Gasteiger partial charge on any atom is -0.464 e. The quantitative estimate of drug-likeness (QED) is 0.524. The molecule has 0 spiro atoms. The number of carbonyl (C=O) groups excluding carboxylic acids is 2. The minimum absolute atomic E-state index is 0.211. The zero-order valence-electron chi connectivity index (χ0n) is 14.2. The molecule has 0 radical (unpaired) electrons. The molecule has 1 aromatic carbocycles. The third-order valence-corrected chi connectivity index (χ3v) is 4.34. The van der Waals surface area contributed by atoms with E-state index in [1.165, 1.54) is 11.8 Å². The molecule has 1 unspecified atom stereocenters. The van der Waals surface area contributed by atoms with Crippen LogP contribution in [0.25, 0.3) is 0 Å². The molecule has 1 N–H and O–H groups in total. The van der Waals surface area contributed by atoms with Gasteiger partial charge in [0.1, 0.15) is 6.04 Å². The molecular formula is C16H21N5O3S. The van der Waals surface area contributed by atoms with Gasteiger partial charge in [-0.05, 0) is 22.9 Å². The predicted molar refractivity (Wildman–Crippen MR) is 92.8 cm³/mol. The predicted octanol–water partition coefficient (Wildman–Crippen LogP) is 0.983. The molecule has 1 heterocycles. The van der Waals surface area contributed by atoms with Crippen molar-refractivity contribution in [2.24, 2.45) is 7.05 Å². The van der Waals surface area contributed by atoms with E-state index < -0.39 is 12.0 Å². The molecule has 0 saturated carbocycles. The zero-order valence-corrected chi connectivity index (χ0v) is 15.0. The van der Waals surface area contributed by atoms with Gasteiger partial charge in [-0.3, -0.25) is 4.79 Å². The van der Waals surface area contributed by atoms with E-state index in [-0.39, 0.29) is 18.9 Å². The Labute approximate surface area is 150 Å². The first-order valence-electron chi connectivity index (χ1n) is 7.95. The maximum Gasteiger partial charge on any atom is 0.328 e. The number of nitrogens with zero attached hydrogens (tertiary/aromatic N) is 4. The SMILES string of the molecule is CCOC(=O)C(Cc1ccccc1)NC(=O)CCSc1nnnn1C. The van der Waals surface area contributed by atoms with Gasteiger partial charge in [-0.1, -0.05) is 42.1 Å².